The van der Waals surface area contributed by atoms with E-state index in [1.807, 2.05) is 4.90 Å². The van der Waals surface area contributed by atoms with Gasteiger partial charge in [-0.25, -0.2) is 0 Å². The number of aliphatic hydroxyl groups excluding tert-OH is 1. The third kappa shape index (κ3) is 2.70. The van der Waals surface area contributed by atoms with Gasteiger partial charge in [-0.1, -0.05) is 18.9 Å². The number of benzene rings is 1. The Labute approximate surface area is 118 Å². The summed E-state index contributed by atoms with van der Waals surface area (Å²) >= 11 is 0. The number of para-hydroxylation sites is 1. The smallest absolute Gasteiger partial charge is 0.333 e. The van der Waals surface area contributed by atoms with Gasteiger partial charge in [0.15, 0.2) is 5.75 Å². The summed E-state index contributed by atoms with van der Waals surface area (Å²) in [6.07, 6.45) is 3.17. The van der Waals surface area contributed by atoms with Crippen LogP contribution in [0.1, 0.15) is 25.7 Å². The van der Waals surface area contributed by atoms with Gasteiger partial charge in [0.05, 0.1) is 24.2 Å². The van der Waals surface area contributed by atoms with Gasteiger partial charge in [-0.3, -0.25) is 10.1 Å². The van der Waals surface area contributed by atoms with E-state index in [0.29, 0.717) is 5.69 Å². The first-order valence-corrected chi connectivity index (χ1v) is 6.78. The van der Waals surface area contributed by atoms with Crippen LogP contribution in [0.2, 0.25) is 0 Å². The molecular formula is C14H20N2O4. The Morgan fingerprint density at radius 2 is 2.10 bits per heavy atom. The molecule has 1 saturated carbocycles. The molecule has 0 amide bonds. The van der Waals surface area contributed by atoms with Crippen molar-refractivity contribution in [1.82, 2.24) is 0 Å². The molecule has 2 atom stereocenters. The third-order valence-corrected chi connectivity index (χ3v) is 3.95. The molecule has 0 bridgehead atoms. The van der Waals surface area contributed by atoms with Crippen molar-refractivity contribution in [3.63, 3.8) is 0 Å². The maximum Gasteiger partial charge on any atom is 0.333 e. The maximum atomic E-state index is 11.3. The highest BCUT2D eigenvalue weighted by Crippen LogP contribution is 2.38. The van der Waals surface area contributed by atoms with Gasteiger partial charge in [0.25, 0.3) is 0 Å². The fourth-order valence-corrected chi connectivity index (χ4v) is 2.87. The van der Waals surface area contributed by atoms with Gasteiger partial charge in [0.1, 0.15) is 5.69 Å². The normalized spacial score (nSPS) is 22.4. The topological polar surface area (TPSA) is 75.8 Å². The summed E-state index contributed by atoms with van der Waals surface area (Å²) < 4.78 is 5.08. The number of methoxy groups -OCH3 is 1. The van der Waals surface area contributed by atoms with Crippen molar-refractivity contribution in [1.29, 1.82) is 0 Å². The molecule has 1 aromatic rings. The van der Waals surface area contributed by atoms with Gasteiger partial charge in [0, 0.05) is 7.05 Å². The number of ether oxygens (including phenoxy) is 1. The molecule has 0 aliphatic heterocycles. The third-order valence-electron chi connectivity index (χ3n) is 3.95. The summed E-state index contributed by atoms with van der Waals surface area (Å²) in [4.78, 5) is 12.7. The minimum Gasteiger partial charge on any atom is -0.490 e. The number of anilines is 1. The van der Waals surface area contributed by atoms with Gasteiger partial charge in [-0.2, -0.15) is 0 Å². The molecule has 0 spiro atoms. The zero-order valence-electron chi connectivity index (χ0n) is 11.8. The lowest BCUT2D eigenvalue weighted by Crippen LogP contribution is -2.43. The van der Waals surface area contributed by atoms with E-state index in [0.717, 1.165) is 25.7 Å². The second-order valence-corrected chi connectivity index (χ2v) is 5.12. The van der Waals surface area contributed by atoms with E-state index in [2.05, 4.69) is 0 Å². The average Bonchev–Trinajstić information content (AvgIpc) is 2.46. The first-order chi connectivity index (χ1) is 9.56. The molecule has 0 heterocycles. The van der Waals surface area contributed by atoms with Gasteiger partial charge in [0.2, 0.25) is 0 Å². The molecule has 6 heteroatoms. The Balaban J connectivity index is 2.38. The second-order valence-electron chi connectivity index (χ2n) is 5.12. The van der Waals surface area contributed by atoms with E-state index in [9.17, 15) is 15.2 Å². The Kier molecular flexibility index (Phi) is 4.44. The van der Waals surface area contributed by atoms with Crippen molar-refractivity contribution < 1.29 is 14.8 Å². The lowest BCUT2D eigenvalue weighted by Gasteiger charge is -2.36. The zero-order chi connectivity index (χ0) is 14.7. The minimum absolute atomic E-state index is 0.0460. The molecule has 2 rings (SSSR count). The number of nitro benzene ring substituents is 1. The van der Waals surface area contributed by atoms with E-state index in [1.54, 1.807) is 25.2 Å². The number of aliphatic hydroxyl groups is 1. The Bertz CT molecular complexity index is 492. The van der Waals surface area contributed by atoms with Crippen LogP contribution in [0.4, 0.5) is 11.4 Å². The molecule has 6 nitrogen and oxygen atoms in total. The van der Waals surface area contributed by atoms with Gasteiger partial charge >= 0.3 is 5.69 Å². The van der Waals surface area contributed by atoms with E-state index < -0.39 is 11.0 Å². The SMILES string of the molecule is COc1cccc(N(C)C2CCCCC2O)c1[N+](=O)[O-]. The van der Waals surface area contributed by atoms with Crippen LogP contribution in [0, 0.1) is 10.1 Å². The summed E-state index contributed by atoms with van der Waals surface area (Å²) in [6.45, 7) is 0. The number of hydrogen-bond donors (Lipinski definition) is 1. The second kappa shape index (κ2) is 6.09. The molecule has 0 saturated heterocycles. The predicted octanol–water partition coefficient (Wildman–Crippen LogP) is 2.34. The van der Waals surface area contributed by atoms with Crippen LogP contribution >= 0.6 is 0 Å². The monoisotopic (exact) mass is 280 g/mol. The van der Waals surface area contributed by atoms with Crippen LogP contribution in [0.15, 0.2) is 18.2 Å². The summed E-state index contributed by atoms with van der Waals surface area (Å²) in [7, 11) is 3.21. The van der Waals surface area contributed by atoms with Crippen LogP contribution in [0.3, 0.4) is 0 Å². The number of rotatable bonds is 4. The summed E-state index contributed by atoms with van der Waals surface area (Å²) in [5, 5.41) is 21.4. The largest absolute Gasteiger partial charge is 0.490 e. The number of nitrogens with zero attached hydrogens (tertiary/aromatic N) is 2. The number of likely N-dealkylation sites (N-methyl/N-ethyl adjacent to an activating group) is 1. The average molecular weight is 280 g/mol. The fraction of sp³-hybridized carbons (Fsp3) is 0.571. The molecule has 2 unspecified atom stereocenters. The van der Waals surface area contributed by atoms with Gasteiger partial charge in [-0.15, -0.1) is 0 Å². The van der Waals surface area contributed by atoms with Gasteiger partial charge < -0.3 is 14.7 Å². The molecule has 20 heavy (non-hydrogen) atoms. The molecular weight excluding hydrogens is 260 g/mol. The Hall–Kier alpha value is -1.82. The molecule has 1 aromatic carbocycles. The Morgan fingerprint density at radius 1 is 1.40 bits per heavy atom. The standard InChI is InChI=1S/C14H20N2O4/c1-15(10-6-3-4-8-12(10)17)11-7-5-9-13(20-2)14(11)16(18)19/h5,7,9-10,12,17H,3-4,6,8H2,1-2H3. The molecule has 1 N–H and O–H groups in total. The summed E-state index contributed by atoms with van der Waals surface area (Å²) in [6, 6.07) is 4.91. The van der Waals surface area contributed by atoms with Crippen molar-refractivity contribution in [2.75, 3.05) is 19.1 Å². The summed E-state index contributed by atoms with van der Waals surface area (Å²) in [5.41, 5.74) is 0.440. The van der Waals surface area contributed by atoms with Crippen LogP contribution in [-0.2, 0) is 0 Å². The molecule has 110 valence electrons. The van der Waals surface area contributed by atoms with Crippen LogP contribution < -0.4 is 9.64 Å². The van der Waals surface area contributed by atoms with Crippen molar-refractivity contribution in [2.45, 2.75) is 37.8 Å². The highest BCUT2D eigenvalue weighted by molar-refractivity contribution is 5.70. The van der Waals surface area contributed by atoms with Crippen LogP contribution in [0.25, 0.3) is 0 Å². The van der Waals surface area contributed by atoms with E-state index in [1.165, 1.54) is 7.11 Å². The molecule has 0 aromatic heterocycles. The number of hydrogen-bond acceptors (Lipinski definition) is 5. The van der Waals surface area contributed by atoms with Crippen molar-refractivity contribution in [2.24, 2.45) is 0 Å². The lowest BCUT2D eigenvalue weighted by atomic mass is 9.91. The zero-order valence-corrected chi connectivity index (χ0v) is 11.8. The number of nitro groups is 1. The van der Waals surface area contributed by atoms with Crippen LogP contribution in [0.5, 0.6) is 5.75 Å². The highest BCUT2D eigenvalue weighted by atomic mass is 16.6. The molecule has 0 radical (unpaired) electrons. The predicted molar refractivity (Wildman–Crippen MR) is 76.3 cm³/mol. The molecule has 1 aliphatic carbocycles. The van der Waals surface area contributed by atoms with E-state index in [-0.39, 0.29) is 17.5 Å². The van der Waals surface area contributed by atoms with E-state index in [4.69, 9.17) is 4.74 Å². The first kappa shape index (κ1) is 14.6. The highest BCUT2D eigenvalue weighted by Gasteiger charge is 2.31. The fourth-order valence-electron chi connectivity index (χ4n) is 2.87. The van der Waals surface area contributed by atoms with Gasteiger partial charge in [-0.05, 0) is 25.0 Å². The summed E-state index contributed by atoms with van der Waals surface area (Å²) in [5.74, 6) is 0.240. The molecule has 1 aliphatic rings. The van der Waals surface area contributed by atoms with Crippen LogP contribution in [-0.4, -0.2) is 36.3 Å². The molecule has 1 fully saturated rings. The first-order valence-electron chi connectivity index (χ1n) is 6.78. The maximum absolute atomic E-state index is 11.3. The van der Waals surface area contributed by atoms with Crippen molar-refractivity contribution in [3.8, 4) is 5.75 Å². The lowest BCUT2D eigenvalue weighted by molar-refractivity contribution is -0.385. The quantitative estimate of drug-likeness (QED) is 0.676. The van der Waals surface area contributed by atoms with Crippen molar-refractivity contribution in [3.05, 3.63) is 28.3 Å². The minimum atomic E-state index is -0.445. The Morgan fingerprint density at radius 3 is 2.70 bits per heavy atom. The van der Waals surface area contributed by atoms with E-state index >= 15 is 0 Å². The van der Waals surface area contributed by atoms with Crippen molar-refractivity contribution >= 4 is 11.4 Å².